The zero-order valence-electron chi connectivity index (χ0n) is 15.8. The lowest BCUT2D eigenvalue weighted by atomic mass is 10.2. The summed E-state index contributed by atoms with van der Waals surface area (Å²) in [5.74, 6) is 0.0402. The molecule has 0 bridgehead atoms. The fourth-order valence-electron chi connectivity index (χ4n) is 3.13. The Labute approximate surface area is 163 Å². The van der Waals surface area contributed by atoms with Gasteiger partial charge in [0, 0.05) is 25.4 Å². The Morgan fingerprint density at radius 3 is 2.57 bits per heavy atom. The van der Waals surface area contributed by atoms with Gasteiger partial charge in [-0.3, -0.25) is 9.59 Å². The number of anilines is 1. The predicted molar refractivity (Wildman–Crippen MR) is 105 cm³/mol. The van der Waals surface area contributed by atoms with Gasteiger partial charge in [-0.1, -0.05) is 6.07 Å². The molecule has 0 atom stereocenters. The highest BCUT2D eigenvalue weighted by atomic mass is 32.2. The quantitative estimate of drug-likeness (QED) is 0.787. The summed E-state index contributed by atoms with van der Waals surface area (Å²) in [7, 11) is -2.17. The van der Waals surface area contributed by atoms with Crippen molar-refractivity contribution in [2.24, 2.45) is 0 Å². The van der Waals surface area contributed by atoms with Crippen molar-refractivity contribution in [3.63, 3.8) is 0 Å². The monoisotopic (exact) mass is 405 g/mol. The van der Waals surface area contributed by atoms with Gasteiger partial charge in [-0.15, -0.1) is 0 Å². The molecule has 3 rings (SSSR count). The molecule has 1 aromatic heterocycles. The van der Waals surface area contributed by atoms with Crippen molar-refractivity contribution < 1.29 is 17.9 Å². The first kappa shape index (κ1) is 20.1. The number of aryl methyl sites for hydroxylation is 1. The highest BCUT2D eigenvalue weighted by Gasteiger charge is 2.27. The van der Waals surface area contributed by atoms with E-state index in [2.05, 4.69) is 5.32 Å². The van der Waals surface area contributed by atoms with Crippen LogP contribution in [-0.4, -0.2) is 43.4 Å². The smallest absolute Gasteiger partial charge is 0.251 e. The van der Waals surface area contributed by atoms with E-state index in [1.165, 1.54) is 29.7 Å². The van der Waals surface area contributed by atoms with E-state index >= 15 is 0 Å². The predicted octanol–water partition coefficient (Wildman–Crippen LogP) is 1.59. The molecule has 0 saturated carbocycles. The summed E-state index contributed by atoms with van der Waals surface area (Å²) in [5.41, 5.74) is 0.972. The normalized spacial score (nSPS) is 14.8. The van der Waals surface area contributed by atoms with E-state index in [9.17, 15) is 18.0 Å². The molecule has 1 aromatic carbocycles. The van der Waals surface area contributed by atoms with Crippen LogP contribution in [0.3, 0.4) is 0 Å². The van der Waals surface area contributed by atoms with Crippen LogP contribution in [0, 0.1) is 6.92 Å². The van der Waals surface area contributed by atoms with Crippen LogP contribution >= 0.6 is 0 Å². The molecular weight excluding hydrogens is 382 g/mol. The molecule has 0 aliphatic carbocycles. The van der Waals surface area contributed by atoms with E-state index in [0.29, 0.717) is 24.5 Å². The van der Waals surface area contributed by atoms with Gasteiger partial charge in [0.1, 0.15) is 12.3 Å². The van der Waals surface area contributed by atoms with Crippen molar-refractivity contribution in [2.75, 3.05) is 25.5 Å². The lowest BCUT2D eigenvalue weighted by molar-refractivity contribution is -0.116. The molecule has 0 spiro atoms. The van der Waals surface area contributed by atoms with Crippen LogP contribution in [0.4, 0.5) is 5.69 Å². The van der Waals surface area contributed by atoms with Gasteiger partial charge in [-0.2, -0.15) is 4.31 Å². The topological polar surface area (TPSA) is 97.7 Å². The summed E-state index contributed by atoms with van der Waals surface area (Å²) in [6, 6.07) is 7.80. The lowest BCUT2D eigenvalue weighted by Crippen LogP contribution is -2.31. The van der Waals surface area contributed by atoms with Crippen molar-refractivity contribution in [3.05, 3.63) is 52.4 Å². The number of ether oxygens (including phenoxy) is 1. The fraction of sp³-hybridized carbons (Fsp3) is 0.368. The van der Waals surface area contributed by atoms with Crippen LogP contribution in [0.25, 0.3) is 0 Å². The molecule has 150 valence electrons. The minimum atomic E-state index is -3.67. The molecule has 1 fully saturated rings. The van der Waals surface area contributed by atoms with Gasteiger partial charge in [0.05, 0.1) is 17.7 Å². The number of nitrogens with one attached hydrogen (secondary N) is 1. The molecule has 2 aromatic rings. The zero-order valence-corrected chi connectivity index (χ0v) is 16.7. The number of carbonyl (C=O) groups is 1. The van der Waals surface area contributed by atoms with Crippen LogP contribution in [0.15, 0.2) is 46.2 Å². The van der Waals surface area contributed by atoms with Crippen LogP contribution < -0.4 is 15.6 Å². The average molecular weight is 405 g/mol. The zero-order chi connectivity index (χ0) is 20.3. The van der Waals surface area contributed by atoms with Gasteiger partial charge in [0.15, 0.2) is 0 Å². The first-order valence-electron chi connectivity index (χ1n) is 8.96. The van der Waals surface area contributed by atoms with Gasteiger partial charge in [0.25, 0.3) is 5.56 Å². The van der Waals surface area contributed by atoms with Crippen molar-refractivity contribution >= 4 is 21.6 Å². The largest absolute Gasteiger partial charge is 0.495 e. The third kappa shape index (κ3) is 4.26. The number of rotatable bonds is 6. The van der Waals surface area contributed by atoms with Gasteiger partial charge in [0.2, 0.25) is 15.9 Å². The highest BCUT2D eigenvalue weighted by molar-refractivity contribution is 7.89. The Hall–Kier alpha value is -2.65. The van der Waals surface area contributed by atoms with Gasteiger partial charge in [-0.05, 0) is 43.5 Å². The summed E-state index contributed by atoms with van der Waals surface area (Å²) in [6.07, 6.45) is 2.86. The van der Waals surface area contributed by atoms with Crippen LogP contribution in [0.2, 0.25) is 0 Å². The van der Waals surface area contributed by atoms with Crippen LogP contribution in [-0.2, 0) is 21.4 Å². The van der Waals surface area contributed by atoms with Gasteiger partial charge < -0.3 is 14.6 Å². The van der Waals surface area contributed by atoms with Crippen molar-refractivity contribution in [1.82, 2.24) is 8.87 Å². The Morgan fingerprint density at radius 2 is 1.89 bits per heavy atom. The van der Waals surface area contributed by atoms with Crippen molar-refractivity contribution in [2.45, 2.75) is 31.2 Å². The third-order valence-corrected chi connectivity index (χ3v) is 6.48. The molecule has 2 heterocycles. The van der Waals surface area contributed by atoms with E-state index in [0.717, 1.165) is 23.0 Å². The number of methoxy groups -OCH3 is 1. The van der Waals surface area contributed by atoms with E-state index in [1.54, 1.807) is 12.1 Å². The maximum absolute atomic E-state index is 12.7. The Balaban J connectivity index is 1.82. The first-order chi connectivity index (χ1) is 13.3. The number of carbonyl (C=O) groups excluding carboxylic acids is 1. The number of nitrogens with zero attached hydrogens (tertiary/aromatic N) is 2. The Morgan fingerprint density at radius 1 is 1.18 bits per heavy atom. The number of pyridine rings is 1. The lowest BCUT2D eigenvalue weighted by Gasteiger charge is -2.16. The summed E-state index contributed by atoms with van der Waals surface area (Å²) in [4.78, 5) is 24.6. The van der Waals surface area contributed by atoms with Crippen molar-refractivity contribution in [3.8, 4) is 5.75 Å². The maximum atomic E-state index is 12.7. The van der Waals surface area contributed by atoms with E-state index < -0.39 is 21.5 Å². The molecule has 1 saturated heterocycles. The number of sulfonamides is 1. The second-order valence-corrected chi connectivity index (χ2v) is 8.63. The average Bonchev–Trinajstić information content (AvgIpc) is 3.19. The molecule has 9 heteroatoms. The minimum Gasteiger partial charge on any atom is -0.495 e. The van der Waals surface area contributed by atoms with Gasteiger partial charge in [-0.25, -0.2) is 8.42 Å². The molecule has 0 radical (unpaired) electrons. The molecular formula is C19H23N3O5S. The number of benzene rings is 1. The SMILES string of the molecule is COc1ccc(C)cc1NC(=O)Cn1cc(S(=O)(=O)N2CCCC2)ccc1=O. The standard InChI is InChI=1S/C19H23N3O5S/c1-14-5-7-17(27-2)16(11-14)20-18(23)13-21-12-15(6-8-19(21)24)28(25,26)22-9-3-4-10-22/h5-8,11-12H,3-4,9-10,13H2,1-2H3,(H,20,23). The Bertz CT molecular complexity index is 1040. The summed E-state index contributed by atoms with van der Waals surface area (Å²) >= 11 is 0. The van der Waals surface area contributed by atoms with E-state index in [-0.39, 0.29) is 11.4 Å². The Kier molecular flexibility index (Phi) is 5.85. The summed E-state index contributed by atoms with van der Waals surface area (Å²) < 4.78 is 33.1. The number of amides is 1. The fourth-order valence-corrected chi connectivity index (χ4v) is 4.66. The molecule has 1 amide bonds. The van der Waals surface area contributed by atoms with E-state index in [1.807, 2.05) is 13.0 Å². The summed E-state index contributed by atoms with van der Waals surface area (Å²) in [6.45, 7) is 2.51. The second-order valence-electron chi connectivity index (χ2n) is 6.69. The molecule has 0 unspecified atom stereocenters. The van der Waals surface area contributed by atoms with Crippen LogP contribution in [0.5, 0.6) is 5.75 Å². The van der Waals surface area contributed by atoms with Crippen molar-refractivity contribution in [1.29, 1.82) is 0 Å². The third-order valence-electron chi connectivity index (χ3n) is 4.60. The molecule has 1 aliphatic heterocycles. The number of hydrogen-bond donors (Lipinski definition) is 1. The minimum absolute atomic E-state index is 0.00920. The molecule has 1 N–H and O–H groups in total. The van der Waals surface area contributed by atoms with Gasteiger partial charge >= 0.3 is 0 Å². The number of hydrogen-bond acceptors (Lipinski definition) is 5. The summed E-state index contributed by atoms with van der Waals surface area (Å²) in [5, 5.41) is 2.71. The molecule has 28 heavy (non-hydrogen) atoms. The second kappa shape index (κ2) is 8.15. The number of aromatic nitrogens is 1. The van der Waals surface area contributed by atoms with E-state index in [4.69, 9.17) is 4.74 Å². The first-order valence-corrected chi connectivity index (χ1v) is 10.4. The molecule has 1 aliphatic rings. The van der Waals surface area contributed by atoms with Crippen LogP contribution in [0.1, 0.15) is 18.4 Å². The highest BCUT2D eigenvalue weighted by Crippen LogP contribution is 2.25. The molecule has 8 nitrogen and oxygen atoms in total. The maximum Gasteiger partial charge on any atom is 0.251 e.